The number of hydrogen-bond acceptors (Lipinski definition) is 5. The molecule has 0 unspecified atom stereocenters. The molecule has 0 atom stereocenters. The number of methoxy groups -OCH3 is 1. The van der Waals surface area contributed by atoms with Gasteiger partial charge < -0.3 is 15.4 Å². The van der Waals surface area contributed by atoms with Crippen molar-refractivity contribution < 1.29 is 9.13 Å². The van der Waals surface area contributed by atoms with E-state index in [4.69, 9.17) is 4.74 Å². The monoisotopic (exact) mass is 338 g/mol. The Morgan fingerprint density at radius 2 is 1.96 bits per heavy atom. The van der Waals surface area contributed by atoms with Crippen LogP contribution in [0.2, 0.25) is 0 Å². The molecule has 0 fully saturated rings. The van der Waals surface area contributed by atoms with Crippen molar-refractivity contribution >= 4 is 17.5 Å². The molecule has 0 aliphatic carbocycles. The van der Waals surface area contributed by atoms with Gasteiger partial charge in [0.05, 0.1) is 7.11 Å². The maximum atomic E-state index is 13.2. The number of hydrogen-bond donors (Lipinski definition) is 2. The summed E-state index contributed by atoms with van der Waals surface area (Å²) in [5, 5.41) is 6.25. The van der Waals surface area contributed by atoms with Crippen LogP contribution in [0.4, 0.5) is 21.8 Å². The first kappa shape index (κ1) is 16.7. The zero-order valence-corrected chi connectivity index (χ0v) is 13.9. The Morgan fingerprint density at radius 1 is 1.08 bits per heavy atom. The average molecular weight is 338 g/mol. The molecule has 128 valence electrons. The largest absolute Gasteiger partial charge is 0.496 e. The maximum absolute atomic E-state index is 13.2. The van der Waals surface area contributed by atoms with Crippen molar-refractivity contribution in [3.05, 3.63) is 72.2 Å². The van der Waals surface area contributed by atoms with E-state index in [1.807, 2.05) is 24.3 Å². The summed E-state index contributed by atoms with van der Waals surface area (Å²) in [6, 6.07) is 15.9. The van der Waals surface area contributed by atoms with E-state index in [1.165, 1.54) is 12.1 Å². The molecule has 2 N–H and O–H groups in total. The zero-order chi connectivity index (χ0) is 17.5. The second-order valence-corrected chi connectivity index (χ2v) is 5.39. The van der Waals surface area contributed by atoms with E-state index in [9.17, 15) is 4.39 Å². The summed E-state index contributed by atoms with van der Waals surface area (Å²) in [7, 11) is 1.66. The van der Waals surface area contributed by atoms with Gasteiger partial charge in [-0.15, -0.1) is 0 Å². The SMILES string of the molecule is COc1ccccc1CCNc1nccc(Nc2cccc(F)c2)n1. The molecule has 0 saturated carbocycles. The van der Waals surface area contributed by atoms with Crippen molar-refractivity contribution in [1.29, 1.82) is 0 Å². The molecule has 1 aromatic heterocycles. The summed E-state index contributed by atoms with van der Waals surface area (Å²) in [5.41, 5.74) is 1.75. The van der Waals surface area contributed by atoms with Crippen molar-refractivity contribution in [3.8, 4) is 5.75 Å². The summed E-state index contributed by atoms with van der Waals surface area (Å²) in [6.07, 6.45) is 2.44. The minimum Gasteiger partial charge on any atom is -0.496 e. The highest BCUT2D eigenvalue weighted by atomic mass is 19.1. The quantitative estimate of drug-likeness (QED) is 0.681. The summed E-state index contributed by atoms with van der Waals surface area (Å²) in [6.45, 7) is 0.670. The van der Waals surface area contributed by atoms with Gasteiger partial charge in [0.2, 0.25) is 5.95 Å². The fourth-order valence-corrected chi connectivity index (χ4v) is 2.45. The summed E-state index contributed by atoms with van der Waals surface area (Å²) >= 11 is 0. The first-order valence-electron chi connectivity index (χ1n) is 7.96. The standard InChI is InChI=1S/C19H19FN4O/c1-25-17-8-3-2-5-14(17)9-11-21-19-22-12-10-18(24-19)23-16-7-4-6-15(20)13-16/h2-8,10,12-13H,9,11H2,1H3,(H2,21,22,23,24). The van der Waals surface area contributed by atoms with Gasteiger partial charge in [0.15, 0.2) is 0 Å². The van der Waals surface area contributed by atoms with Crippen LogP contribution in [0.25, 0.3) is 0 Å². The van der Waals surface area contributed by atoms with Crippen molar-refractivity contribution in [1.82, 2.24) is 9.97 Å². The number of ether oxygens (including phenoxy) is 1. The lowest BCUT2D eigenvalue weighted by Crippen LogP contribution is -2.09. The Labute approximate surface area is 145 Å². The van der Waals surface area contributed by atoms with Gasteiger partial charge in [0, 0.05) is 18.4 Å². The van der Waals surface area contributed by atoms with Crippen LogP contribution in [-0.2, 0) is 6.42 Å². The predicted octanol–water partition coefficient (Wildman–Crippen LogP) is 4.02. The predicted molar refractivity (Wildman–Crippen MR) is 96.9 cm³/mol. The lowest BCUT2D eigenvalue weighted by atomic mass is 10.1. The van der Waals surface area contributed by atoms with Gasteiger partial charge in [0.25, 0.3) is 0 Å². The van der Waals surface area contributed by atoms with Crippen LogP contribution in [0.5, 0.6) is 5.75 Å². The second-order valence-electron chi connectivity index (χ2n) is 5.39. The van der Waals surface area contributed by atoms with Gasteiger partial charge in [-0.05, 0) is 42.3 Å². The molecule has 25 heavy (non-hydrogen) atoms. The molecule has 0 radical (unpaired) electrons. The van der Waals surface area contributed by atoms with Gasteiger partial charge >= 0.3 is 0 Å². The van der Waals surface area contributed by atoms with Crippen LogP contribution in [0.3, 0.4) is 0 Å². The third-order valence-corrected chi connectivity index (χ3v) is 3.62. The van der Waals surface area contributed by atoms with Crippen LogP contribution < -0.4 is 15.4 Å². The van der Waals surface area contributed by atoms with Crippen LogP contribution in [0, 0.1) is 5.82 Å². The van der Waals surface area contributed by atoms with Gasteiger partial charge in [-0.3, -0.25) is 0 Å². The van der Waals surface area contributed by atoms with E-state index in [-0.39, 0.29) is 5.82 Å². The van der Waals surface area contributed by atoms with Crippen LogP contribution in [-0.4, -0.2) is 23.6 Å². The Balaban J connectivity index is 1.60. The molecule has 0 bridgehead atoms. The fourth-order valence-electron chi connectivity index (χ4n) is 2.45. The van der Waals surface area contributed by atoms with E-state index in [1.54, 1.807) is 31.5 Å². The van der Waals surface area contributed by atoms with E-state index >= 15 is 0 Å². The number of anilines is 3. The van der Waals surface area contributed by atoms with Gasteiger partial charge in [0.1, 0.15) is 17.4 Å². The van der Waals surface area contributed by atoms with Gasteiger partial charge in [-0.25, -0.2) is 9.37 Å². The first-order valence-corrected chi connectivity index (χ1v) is 7.96. The molecule has 2 aromatic carbocycles. The Morgan fingerprint density at radius 3 is 2.80 bits per heavy atom. The van der Waals surface area contributed by atoms with Crippen molar-refractivity contribution in [3.63, 3.8) is 0 Å². The van der Waals surface area contributed by atoms with E-state index in [0.29, 0.717) is 24.0 Å². The molecule has 3 rings (SSSR count). The summed E-state index contributed by atoms with van der Waals surface area (Å²) < 4.78 is 18.6. The lowest BCUT2D eigenvalue weighted by molar-refractivity contribution is 0.410. The number of nitrogens with one attached hydrogen (secondary N) is 2. The lowest BCUT2D eigenvalue weighted by Gasteiger charge is -2.10. The van der Waals surface area contributed by atoms with Gasteiger partial charge in [-0.1, -0.05) is 24.3 Å². The smallest absolute Gasteiger partial charge is 0.224 e. The number of aromatic nitrogens is 2. The number of benzene rings is 2. The van der Waals surface area contributed by atoms with Crippen LogP contribution in [0.1, 0.15) is 5.56 Å². The molecule has 0 amide bonds. The number of rotatable bonds is 7. The molecular formula is C19H19FN4O. The van der Waals surface area contributed by atoms with E-state index in [2.05, 4.69) is 20.6 Å². The molecule has 6 heteroatoms. The molecule has 0 aliphatic heterocycles. The summed E-state index contributed by atoms with van der Waals surface area (Å²) in [5.74, 6) is 1.68. The third kappa shape index (κ3) is 4.67. The van der Waals surface area contributed by atoms with Crippen LogP contribution >= 0.6 is 0 Å². The molecule has 1 heterocycles. The maximum Gasteiger partial charge on any atom is 0.224 e. The van der Waals surface area contributed by atoms with Crippen molar-refractivity contribution in [2.45, 2.75) is 6.42 Å². The first-order chi connectivity index (χ1) is 12.2. The van der Waals surface area contributed by atoms with Gasteiger partial charge in [-0.2, -0.15) is 4.98 Å². The molecule has 0 spiro atoms. The van der Waals surface area contributed by atoms with Crippen LogP contribution in [0.15, 0.2) is 60.8 Å². The molecule has 0 saturated heterocycles. The molecule has 5 nitrogen and oxygen atoms in total. The minimum atomic E-state index is -0.297. The van der Waals surface area contributed by atoms with E-state index in [0.717, 1.165) is 17.7 Å². The molecular weight excluding hydrogens is 319 g/mol. The topological polar surface area (TPSA) is 59.1 Å². The summed E-state index contributed by atoms with van der Waals surface area (Å²) in [4.78, 5) is 8.59. The highest BCUT2D eigenvalue weighted by molar-refractivity contribution is 5.56. The minimum absolute atomic E-state index is 0.297. The Kier molecular flexibility index (Phi) is 5.41. The number of nitrogens with zero attached hydrogens (tertiary/aromatic N) is 2. The zero-order valence-electron chi connectivity index (χ0n) is 13.9. The van der Waals surface area contributed by atoms with Crippen molar-refractivity contribution in [2.75, 3.05) is 24.3 Å². The molecule has 3 aromatic rings. The fraction of sp³-hybridized carbons (Fsp3) is 0.158. The number of para-hydroxylation sites is 1. The van der Waals surface area contributed by atoms with Crippen molar-refractivity contribution in [2.24, 2.45) is 0 Å². The highest BCUT2D eigenvalue weighted by Crippen LogP contribution is 2.18. The highest BCUT2D eigenvalue weighted by Gasteiger charge is 2.03. The average Bonchev–Trinajstić information content (AvgIpc) is 2.62. The third-order valence-electron chi connectivity index (χ3n) is 3.62. The second kappa shape index (κ2) is 8.10. The van der Waals surface area contributed by atoms with E-state index < -0.39 is 0 Å². The number of halogens is 1. The Bertz CT molecular complexity index is 841. The Hall–Kier alpha value is -3.15. The molecule has 0 aliphatic rings. The normalized spacial score (nSPS) is 10.3.